The van der Waals surface area contributed by atoms with Crippen molar-refractivity contribution in [1.82, 2.24) is 0 Å². The molecule has 1 rings (SSSR count). The average molecular weight is 249 g/mol. The van der Waals surface area contributed by atoms with Crippen molar-refractivity contribution in [2.45, 2.75) is 26.8 Å². The first-order chi connectivity index (χ1) is 8.40. The monoisotopic (exact) mass is 249 g/mol. The number of anilines is 2. The van der Waals surface area contributed by atoms with Gasteiger partial charge in [0.05, 0.1) is 6.04 Å². The molecular weight excluding hydrogens is 230 g/mol. The van der Waals surface area contributed by atoms with E-state index in [1.54, 1.807) is 24.3 Å². The molecule has 0 fully saturated rings. The summed E-state index contributed by atoms with van der Waals surface area (Å²) in [6, 6.07) is 6.39. The van der Waals surface area contributed by atoms with Crippen LogP contribution in [0.25, 0.3) is 0 Å². The zero-order valence-corrected chi connectivity index (χ0v) is 10.9. The highest BCUT2D eigenvalue weighted by Crippen LogP contribution is 2.15. The van der Waals surface area contributed by atoms with Crippen LogP contribution >= 0.6 is 0 Å². The molecule has 1 atom stereocenters. The van der Waals surface area contributed by atoms with Gasteiger partial charge in [-0.05, 0) is 24.1 Å². The molecule has 18 heavy (non-hydrogen) atoms. The number of hydrogen-bond acceptors (Lipinski definition) is 3. The fraction of sp³-hybridized carbons (Fsp3) is 0.385. The molecule has 0 aliphatic heterocycles. The van der Waals surface area contributed by atoms with Crippen molar-refractivity contribution < 1.29 is 9.59 Å². The average Bonchev–Trinajstić information content (AvgIpc) is 2.27. The third-order valence-corrected chi connectivity index (χ3v) is 2.47. The second-order valence-electron chi connectivity index (χ2n) is 4.52. The topological polar surface area (TPSA) is 84.2 Å². The first-order valence-corrected chi connectivity index (χ1v) is 5.84. The van der Waals surface area contributed by atoms with Crippen molar-refractivity contribution in [3.05, 3.63) is 24.3 Å². The van der Waals surface area contributed by atoms with E-state index in [0.29, 0.717) is 11.4 Å². The van der Waals surface area contributed by atoms with Crippen LogP contribution in [0, 0.1) is 5.92 Å². The van der Waals surface area contributed by atoms with E-state index >= 15 is 0 Å². The molecule has 4 N–H and O–H groups in total. The number of nitrogens with two attached hydrogens (primary N) is 1. The van der Waals surface area contributed by atoms with Gasteiger partial charge in [0.2, 0.25) is 11.8 Å². The number of hydrogen-bond donors (Lipinski definition) is 3. The van der Waals surface area contributed by atoms with Gasteiger partial charge in [-0.2, -0.15) is 0 Å². The van der Waals surface area contributed by atoms with E-state index in [1.807, 2.05) is 13.8 Å². The standard InChI is InChI=1S/C13H19N3O2/c1-8(2)12(14)13(18)16-11-6-4-5-10(7-11)15-9(3)17/h4-8,12H,14H2,1-3H3,(H,15,17)(H,16,18). The van der Waals surface area contributed by atoms with Crippen LogP contribution in [0.3, 0.4) is 0 Å². The van der Waals surface area contributed by atoms with Gasteiger partial charge in [-0.15, -0.1) is 0 Å². The van der Waals surface area contributed by atoms with Crippen LogP contribution in [0.1, 0.15) is 20.8 Å². The van der Waals surface area contributed by atoms with E-state index < -0.39 is 6.04 Å². The van der Waals surface area contributed by atoms with Gasteiger partial charge >= 0.3 is 0 Å². The molecular formula is C13H19N3O2. The Morgan fingerprint density at radius 2 is 1.72 bits per heavy atom. The summed E-state index contributed by atoms with van der Waals surface area (Å²) in [5, 5.41) is 5.37. The molecule has 5 nitrogen and oxygen atoms in total. The summed E-state index contributed by atoms with van der Waals surface area (Å²) in [6.07, 6.45) is 0. The molecule has 2 amide bonds. The van der Waals surface area contributed by atoms with E-state index in [0.717, 1.165) is 0 Å². The SMILES string of the molecule is CC(=O)Nc1cccc(NC(=O)C(N)C(C)C)c1. The first kappa shape index (κ1) is 14.2. The molecule has 0 saturated heterocycles. The number of rotatable bonds is 4. The molecule has 1 unspecified atom stereocenters. The molecule has 0 aromatic heterocycles. The predicted molar refractivity (Wildman–Crippen MR) is 72.2 cm³/mol. The largest absolute Gasteiger partial charge is 0.326 e. The smallest absolute Gasteiger partial charge is 0.241 e. The minimum Gasteiger partial charge on any atom is -0.326 e. The molecule has 0 spiro atoms. The minimum absolute atomic E-state index is 0.0727. The molecule has 0 aliphatic rings. The van der Waals surface area contributed by atoms with E-state index in [1.165, 1.54) is 6.92 Å². The third-order valence-electron chi connectivity index (χ3n) is 2.47. The van der Waals surface area contributed by atoms with Crippen molar-refractivity contribution in [1.29, 1.82) is 0 Å². The Morgan fingerprint density at radius 1 is 1.17 bits per heavy atom. The fourth-order valence-corrected chi connectivity index (χ4v) is 1.41. The normalized spacial score (nSPS) is 12.1. The van der Waals surface area contributed by atoms with Crippen molar-refractivity contribution in [3.63, 3.8) is 0 Å². The Balaban J connectivity index is 2.73. The van der Waals surface area contributed by atoms with Gasteiger partial charge in [0.1, 0.15) is 0 Å². The van der Waals surface area contributed by atoms with Gasteiger partial charge in [0.15, 0.2) is 0 Å². The maximum absolute atomic E-state index is 11.8. The number of benzene rings is 1. The number of carbonyl (C=O) groups excluding carboxylic acids is 2. The lowest BCUT2D eigenvalue weighted by molar-refractivity contribution is -0.118. The number of carbonyl (C=O) groups is 2. The van der Waals surface area contributed by atoms with Crippen LogP contribution in [0.15, 0.2) is 24.3 Å². The zero-order chi connectivity index (χ0) is 13.7. The van der Waals surface area contributed by atoms with Crippen molar-refractivity contribution >= 4 is 23.2 Å². The Labute approximate surface area is 107 Å². The summed E-state index contributed by atoms with van der Waals surface area (Å²) in [4.78, 5) is 22.7. The van der Waals surface area contributed by atoms with Gasteiger partial charge in [-0.1, -0.05) is 19.9 Å². The highest BCUT2D eigenvalue weighted by molar-refractivity contribution is 5.96. The number of nitrogens with one attached hydrogen (secondary N) is 2. The highest BCUT2D eigenvalue weighted by atomic mass is 16.2. The van der Waals surface area contributed by atoms with Crippen molar-refractivity contribution in [3.8, 4) is 0 Å². The predicted octanol–water partition coefficient (Wildman–Crippen LogP) is 1.57. The second-order valence-corrected chi connectivity index (χ2v) is 4.52. The van der Waals surface area contributed by atoms with Gasteiger partial charge in [0, 0.05) is 18.3 Å². The summed E-state index contributed by atoms with van der Waals surface area (Å²) in [5.74, 6) is -0.314. The van der Waals surface area contributed by atoms with Crippen molar-refractivity contribution in [2.75, 3.05) is 10.6 Å². The van der Waals surface area contributed by atoms with Crippen LogP contribution in [0.2, 0.25) is 0 Å². The molecule has 0 saturated carbocycles. The van der Waals surface area contributed by atoms with Crippen LogP contribution in [-0.4, -0.2) is 17.9 Å². The molecule has 1 aromatic rings. The van der Waals surface area contributed by atoms with Crippen LogP contribution in [-0.2, 0) is 9.59 Å². The first-order valence-electron chi connectivity index (χ1n) is 5.84. The second kappa shape index (κ2) is 6.16. The van der Waals surface area contributed by atoms with E-state index in [-0.39, 0.29) is 17.7 Å². The lowest BCUT2D eigenvalue weighted by Crippen LogP contribution is -2.39. The molecule has 0 heterocycles. The Hall–Kier alpha value is -1.88. The Bertz CT molecular complexity index is 444. The van der Waals surface area contributed by atoms with E-state index in [2.05, 4.69) is 10.6 Å². The Morgan fingerprint density at radius 3 is 2.22 bits per heavy atom. The molecule has 0 aliphatic carbocycles. The van der Waals surface area contributed by atoms with Crippen LogP contribution in [0.5, 0.6) is 0 Å². The minimum atomic E-state index is -0.547. The van der Waals surface area contributed by atoms with Gasteiger partial charge in [-0.3, -0.25) is 9.59 Å². The summed E-state index contributed by atoms with van der Waals surface area (Å²) < 4.78 is 0. The fourth-order valence-electron chi connectivity index (χ4n) is 1.41. The quantitative estimate of drug-likeness (QED) is 0.757. The zero-order valence-electron chi connectivity index (χ0n) is 10.9. The summed E-state index contributed by atoms with van der Waals surface area (Å²) >= 11 is 0. The molecule has 0 radical (unpaired) electrons. The maximum atomic E-state index is 11.8. The molecule has 0 bridgehead atoms. The summed E-state index contributed by atoms with van der Waals surface area (Å²) in [5.41, 5.74) is 7.00. The summed E-state index contributed by atoms with van der Waals surface area (Å²) in [7, 11) is 0. The van der Waals surface area contributed by atoms with Crippen molar-refractivity contribution in [2.24, 2.45) is 11.7 Å². The van der Waals surface area contributed by atoms with Crippen LogP contribution in [0.4, 0.5) is 11.4 Å². The maximum Gasteiger partial charge on any atom is 0.241 e. The molecule has 1 aromatic carbocycles. The van der Waals surface area contributed by atoms with E-state index in [9.17, 15) is 9.59 Å². The molecule has 5 heteroatoms. The lowest BCUT2D eigenvalue weighted by atomic mass is 10.0. The number of amides is 2. The third kappa shape index (κ3) is 4.18. The van der Waals surface area contributed by atoms with E-state index in [4.69, 9.17) is 5.73 Å². The highest BCUT2D eigenvalue weighted by Gasteiger charge is 2.17. The van der Waals surface area contributed by atoms with Gasteiger partial charge in [0.25, 0.3) is 0 Å². The van der Waals surface area contributed by atoms with Gasteiger partial charge < -0.3 is 16.4 Å². The lowest BCUT2D eigenvalue weighted by Gasteiger charge is -2.15. The molecule has 98 valence electrons. The summed E-state index contributed by atoms with van der Waals surface area (Å²) in [6.45, 7) is 5.20. The Kier molecular flexibility index (Phi) is 4.85. The van der Waals surface area contributed by atoms with Crippen LogP contribution < -0.4 is 16.4 Å². The van der Waals surface area contributed by atoms with Gasteiger partial charge in [-0.25, -0.2) is 0 Å².